The van der Waals surface area contributed by atoms with Gasteiger partial charge in [0.25, 0.3) is 5.91 Å². The molecule has 0 saturated heterocycles. The Kier molecular flexibility index (Phi) is 8.00. The second-order valence-electron chi connectivity index (χ2n) is 7.65. The molecule has 0 fully saturated rings. The monoisotopic (exact) mass is 489 g/mol. The van der Waals surface area contributed by atoms with Gasteiger partial charge in [0.15, 0.2) is 5.96 Å². The fourth-order valence-electron chi connectivity index (χ4n) is 3.50. The van der Waals surface area contributed by atoms with Crippen molar-refractivity contribution in [3.05, 3.63) is 71.3 Å². The molecular weight excluding hydrogens is 464 g/mol. The van der Waals surface area contributed by atoms with Crippen LogP contribution in [0.1, 0.15) is 37.8 Å². The van der Waals surface area contributed by atoms with E-state index in [1.807, 2.05) is 6.07 Å². The third kappa shape index (κ3) is 5.60. The van der Waals surface area contributed by atoms with Gasteiger partial charge in [-0.1, -0.05) is 42.1 Å². The van der Waals surface area contributed by atoms with E-state index in [0.29, 0.717) is 24.9 Å². The maximum Gasteiger partial charge on any atom is 0.272 e. The Bertz CT molecular complexity index is 1130. The van der Waals surface area contributed by atoms with Crippen LogP contribution in [0.15, 0.2) is 58.6 Å². The van der Waals surface area contributed by atoms with Crippen LogP contribution in [-0.4, -0.2) is 45.6 Å². The predicted molar refractivity (Wildman–Crippen MR) is 127 cm³/mol. The van der Waals surface area contributed by atoms with Gasteiger partial charge in [0.1, 0.15) is 27.7 Å². The van der Waals surface area contributed by atoms with Gasteiger partial charge >= 0.3 is 0 Å². The van der Waals surface area contributed by atoms with E-state index in [2.05, 4.69) is 15.4 Å². The highest BCUT2D eigenvalue weighted by Gasteiger charge is 2.49. The number of guanidine groups is 1. The van der Waals surface area contributed by atoms with Crippen molar-refractivity contribution in [3.63, 3.8) is 0 Å². The quantitative estimate of drug-likeness (QED) is 0.312. The molecule has 34 heavy (non-hydrogen) atoms. The Balaban J connectivity index is 1.99. The number of carbonyl (C=O) groups excluding carboxylic acids is 2. The number of thioether (sulfide) groups is 1. The first-order valence-corrected chi connectivity index (χ1v) is 11.3. The molecule has 0 saturated carbocycles. The smallest absolute Gasteiger partial charge is 0.272 e. The first kappa shape index (κ1) is 25.3. The number of aliphatic hydroxyl groups is 1. The van der Waals surface area contributed by atoms with E-state index < -0.39 is 34.4 Å². The van der Waals surface area contributed by atoms with Crippen molar-refractivity contribution >= 4 is 34.6 Å². The van der Waals surface area contributed by atoms with Crippen LogP contribution in [0.2, 0.25) is 0 Å². The van der Waals surface area contributed by atoms with E-state index in [0.717, 1.165) is 35.0 Å². The number of hydrogen-bond donors (Lipinski definition) is 3. The zero-order chi connectivity index (χ0) is 24.9. The largest absolute Gasteiger partial charge is 0.383 e. The second-order valence-corrected chi connectivity index (χ2v) is 8.92. The SMILES string of the molecule is CC(=O)N=C(N)NCCCC1(c2ccccc2)SC(c2cc(F)ccc2F)=NN1C(=O)C(C)O. The Morgan fingerprint density at radius 2 is 1.97 bits per heavy atom. The molecule has 8 nitrogen and oxygen atoms in total. The van der Waals surface area contributed by atoms with Crippen molar-refractivity contribution in [3.8, 4) is 0 Å². The van der Waals surface area contributed by atoms with Crippen molar-refractivity contribution in [2.45, 2.75) is 37.7 Å². The molecule has 2 amide bonds. The summed E-state index contributed by atoms with van der Waals surface area (Å²) in [5.74, 6) is -2.49. The van der Waals surface area contributed by atoms with E-state index in [9.17, 15) is 23.5 Å². The maximum atomic E-state index is 14.6. The lowest BCUT2D eigenvalue weighted by atomic mass is 9.99. The summed E-state index contributed by atoms with van der Waals surface area (Å²) in [7, 11) is 0. The number of nitrogens with zero attached hydrogens (tertiary/aromatic N) is 3. The van der Waals surface area contributed by atoms with Gasteiger partial charge in [-0.25, -0.2) is 13.8 Å². The summed E-state index contributed by atoms with van der Waals surface area (Å²) in [5.41, 5.74) is 6.28. The molecule has 0 aliphatic carbocycles. The lowest BCUT2D eigenvalue weighted by Crippen LogP contribution is -2.45. The van der Waals surface area contributed by atoms with Crippen molar-refractivity contribution in [2.75, 3.05) is 6.54 Å². The zero-order valence-corrected chi connectivity index (χ0v) is 19.5. The van der Waals surface area contributed by atoms with E-state index in [1.54, 1.807) is 24.3 Å². The first-order chi connectivity index (χ1) is 16.1. The van der Waals surface area contributed by atoms with Crippen molar-refractivity contribution in [1.29, 1.82) is 0 Å². The number of nitrogens with one attached hydrogen (secondary N) is 1. The molecule has 1 aliphatic heterocycles. The van der Waals surface area contributed by atoms with Crippen molar-refractivity contribution in [1.82, 2.24) is 10.3 Å². The highest BCUT2D eigenvalue weighted by molar-refractivity contribution is 8.15. The molecular formula is C23H25F2N5O3S. The van der Waals surface area contributed by atoms with Gasteiger partial charge in [-0.3, -0.25) is 9.59 Å². The highest BCUT2D eigenvalue weighted by Crippen LogP contribution is 2.50. The summed E-state index contributed by atoms with van der Waals surface area (Å²) in [4.78, 5) is 26.6. The number of nitrogens with two attached hydrogens (primary N) is 1. The van der Waals surface area contributed by atoms with Gasteiger partial charge < -0.3 is 16.2 Å². The van der Waals surface area contributed by atoms with E-state index in [-0.39, 0.29) is 16.6 Å². The first-order valence-electron chi connectivity index (χ1n) is 10.5. The zero-order valence-electron chi connectivity index (χ0n) is 18.7. The molecule has 2 aromatic carbocycles. The van der Waals surface area contributed by atoms with Crippen molar-refractivity contribution in [2.24, 2.45) is 15.8 Å². The minimum atomic E-state index is -1.37. The molecule has 0 aromatic heterocycles. The number of hydrogen-bond acceptors (Lipinski definition) is 5. The van der Waals surface area contributed by atoms with Gasteiger partial charge in [-0.15, -0.1) is 0 Å². The van der Waals surface area contributed by atoms with Crippen LogP contribution in [0.5, 0.6) is 0 Å². The fourth-order valence-corrected chi connectivity index (χ4v) is 4.93. The number of benzene rings is 2. The van der Waals surface area contributed by atoms with E-state index in [1.165, 1.54) is 13.8 Å². The van der Waals surface area contributed by atoms with Crippen LogP contribution in [0.4, 0.5) is 8.78 Å². The lowest BCUT2D eigenvalue weighted by molar-refractivity contribution is -0.143. The summed E-state index contributed by atoms with van der Waals surface area (Å²) in [6.45, 7) is 2.91. The molecule has 4 N–H and O–H groups in total. The Labute approximate surface area is 199 Å². The summed E-state index contributed by atoms with van der Waals surface area (Å²) >= 11 is 1.10. The van der Waals surface area contributed by atoms with Crippen LogP contribution in [0, 0.1) is 11.6 Å². The molecule has 3 rings (SSSR count). The Morgan fingerprint density at radius 3 is 2.62 bits per heavy atom. The van der Waals surface area contributed by atoms with Crippen molar-refractivity contribution < 1.29 is 23.5 Å². The third-order valence-electron chi connectivity index (χ3n) is 5.02. The van der Waals surface area contributed by atoms with Gasteiger partial charge in [-0.05, 0) is 43.5 Å². The van der Waals surface area contributed by atoms with Gasteiger partial charge in [0, 0.05) is 19.0 Å². The summed E-state index contributed by atoms with van der Waals surface area (Å²) in [6, 6.07) is 12.0. The minimum Gasteiger partial charge on any atom is -0.383 e. The predicted octanol–water partition coefficient (Wildman–Crippen LogP) is 2.67. The normalized spacial score (nSPS) is 19.0. The van der Waals surface area contributed by atoms with Crippen LogP contribution in [0.25, 0.3) is 0 Å². The molecule has 0 bridgehead atoms. The van der Waals surface area contributed by atoms with Gasteiger partial charge in [-0.2, -0.15) is 10.1 Å². The van der Waals surface area contributed by atoms with Crippen LogP contribution < -0.4 is 11.1 Å². The van der Waals surface area contributed by atoms with Gasteiger partial charge in [0.2, 0.25) is 5.91 Å². The molecule has 180 valence electrons. The summed E-state index contributed by atoms with van der Waals surface area (Å²) in [5, 5.41) is 18.5. The van der Waals surface area contributed by atoms with Crippen LogP contribution in [-0.2, 0) is 14.5 Å². The number of amides is 2. The molecule has 0 spiro atoms. The Hall–Kier alpha value is -3.31. The van der Waals surface area contributed by atoms with Gasteiger partial charge in [0.05, 0.1) is 0 Å². The molecule has 1 heterocycles. The standard InChI is InChI=1S/C23H25F2N5O3S/c1-14(31)21(33)30-23(16-7-4-3-5-8-16,11-6-12-27-22(26)28-15(2)32)34-20(29-30)18-13-17(24)9-10-19(18)25/h3-5,7-10,13-14,31H,6,11-12H2,1-2H3,(H3,26,27,28,32). The highest BCUT2D eigenvalue weighted by atomic mass is 32.2. The molecule has 2 aromatic rings. The summed E-state index contributed by atoms with van der Waals surface area (Å²) in [6.07, 6.45) is -0.626. The van der Waals surface area contributed by atoms with Crippen LogP contribution >= 0.6 is 11.8 Å². The molecule has 1 aliphatic rings. The van der Waals surface area contributed by atoms with E-state index in [4.69, 9.17) is 5.73 Å². The lowest BCUT2D eigenvalue weighted by Gasteiger charge is -2.36. The topological polar surface area (TPSA) is 120 Å². The average Bonchev–Trinajstić information content (AvgIpc) is 3.18. The number of hydrazone groups is 1. The van der Waals surface area contributed by atoms with Crippen LogP contribution in [0.3, 0.4) is 0 Å². The number of aliphatic hydroxyl groups excluding tert-OH is 1. The minimum absolute atomic E-state index is 0.0315. The molecule has 11 heteroatoms. The molecule has 2 atom stereocenters. The number of aliphatic imine (C=N–C) groups is 1. The number of halogens is 2. The van der Waals surface area contributed by atoms with E-state index >= 15 is 0 Å². The number of rotatable bonds is 7. The summed E-state index contributed by atoms with van der Waals surface area (Å²) < 4.78 is 28.5. The molecule has 0 radical (unpaired) electrons. The number of carbonyl (C=O) groups is 2. The Morgan fingerprint density at radius 1 is 1.26 bits per heavy atom. The maximum absolute atomic E-state index is 14.6. The average molecular weight is 490 g/mol. The third-order valence-corrected chi connectivity index (χ3v) is 6.47. The molecule has 2 unspecified atom stereocenters. The fraction of sp³-hybridized carbons (Fsp3) is 0.304. The second kappa shape index (κ2) is 10.7.